The van der Waals surface area contributed by atoms with Crippen molar-refractivity contribution in [3.63, 3.8) is 0 Å². The van der Waals surface area contributed by atoms with Gasteiger partial charge in [0, 0.05) is 40.9 Å². The molecule has 7 nitrogen and oxygen atoms in total. The third-order valence-corrected chi connectivity index (χ3v) is 5.29. The fraction of sp³-hybridized carbons (Fsp3) is 0.0870. The smallest absolute Gasteiger partial charge is 0.322 e. The molecule has 0 saturated heterocycles. The van der Waals surface area contributed by atoms with Gasteiger partial charge in [-0.15, -0.1) is 0 Å². The number of carbonyl (C=O) groups is 1. The number of benzene rings is 2. The molecule has 0 aliphatic heterocycles. The van der Waals surface area contributed by atoms with Crippen LogP contribution in [0.1, 0.15) is 15.9 Å². The number of amides is 1. The zero-order chi connectivity index (χ0) is 24.1. The molecular weight excluding hydrogens is 465 g/mol. The summed E-state index contributed by atoms with van der Waals surface area (Å²) in [6.07, 6.45) is 7.84. The van der Waals surface area contributed by atoms with Crippen molar-refractivity contribution in [2.75, 3.05) is 10.2 Å². The third-order valence-electron chi connectivity index (χ3n) is 4.57. The minimum Gasteiger partial charge on any atom is -0.322 e. The minimum atomic E-state index is -4.44. The van der Waals surface area contributed by atoms with E-state index in [0.717, 1.165) is 5.56 Å². The van der Waals surface area contributed by atoms with Crippen LogP contribution in [0.2, 0.25) is 0 Å². The molecule has 0 unspecified atom stereocenters. The maximum atomic E-state index is 12.8. The summed E-state index contributed by atoms with van der Waals surface area (Å²) in [5.74, 6) is 0.282. The molecule has 2 heterocycles. The number of anilines is 4. The molecule has 0 saturated carbocycles. The van der Waals surface area contributed by atoms with Crippen LogP contribution in [-0.4, -0.2) is 31.4 Å². The number of thioether (sulfide) groups is 1. The van der Waals surface area contributed by atoms with Crippen molar-refractivity contribution in [2.45, 2.75) is 17.3 Å². The number of rotatable bonds is 6. The number of nitrogens with zero attached hydrogens (tertiary/aromatic N) is 5. The van der Waals surface area contributed by atoms with Crippen LogP contribution in [-0.2, 0) is 0 Å². The van der Waals surface area contributed by atoms with E-state index in [2.05, 4.69) is 25.3 Å². The second-order valence-corrected chi connectivity index (χ2v) is 8.12. The first-order chi connectivity index (χ1) is 16.3. The van der Waals surface area contributed by atoms with Crippen molar-refractivity contribution in [1.82, 2.24) is 19.9 Å². The highest BCUT2D eigenvalue weighted by atomic mass is 32.2. The second-order valence-electron chi connectivity index (χ2n) is 6.98. The van der Waals surface area contributed by atoms with Gasteiger partial charge in [-0.3, -0.25) is 14.7 Å². The molecule has 0 bridgehead atoms. The van der Waals surface area contributed by atoms with Gasteiger partial charge in [0.05, 0.1) is 11.9 Å². The fourth-order valence-corrected chi connectivity index (χ4v) is 3.71. The van der Waals surface area contributed by atoms with Crippen molar-refractivity contribution < 1.29 is 18.0 Å². The molecule has 0 spiro atoms. The van der Waals surface area contributed by atoms with E-state index in [-0.39, 0.29) is 22.2 Å². The largest absolute Gasteiger partial charge is 0.446 e. The van der Waals surface area contributed by atoms with E-state index in [1.54, 1.807) is 54.0 Å². The lowest BCUT2D eigenvalue weighted by atomic mass is 10.1. The molecule has 34 heavy (non-hydrogen) atoms. The van der Waals surface area contributed by atoms with Crippen LogP contribution in [0.25, 0.3) is 0 Å². The van der Waals surface area contributed by atoms with Gasteiger partial charge in [0.15, 0.2) is 5.82 Å². The van der Waals surface area contributed by atoms with Crippen LogP contribution < -0.4 is 10.2 Å². The van der Waals surface area contributed by atoms with Gasteiger partial charge in [-0.1, -0.05) is 12.1 Å². The summed E-state index contributed by atoms with van der Waals surface area (Å²) in [6, 6.07) is 12.3. The van der Waals surface area contributed by atoms with E-state index in [0.29, 0.717) is 23.1 Å². The number of carbonyl (C=O) groups excluding carboxylic acids is 1. The van der Waals surface area contributed by atoms with Crippen LogP contribution in [0.5, 0.6) is 0 Å². The Hall–Kier alpha value is -3.99. The average molecular weight is 482 g/mol. The Bertz CT molecular complexity index is 1250. The summed E-state index contributed by atoms with van der Waals surface area (Å²) in [4.78, 5) is 31.5. The first-order valence-electron chi connectivity index (χ1n) is 9.91. The van der Waals surface area contributed by atoms with Gasteiger partial charge in [-0.05, 0) is 60.6 Å². The van der Waals surface area contributed by atoms with E-state index < -0.39 is 11.4 Å². The highest BCUT2D eigenvalue weighted by molar-refractivity contribution is 8.00. The predicted molar refractivity (Wildman–Crippen MR) is 123 cm³/mol. The van der Waals surface area contributed by atoms with Crippen LogP contribution in [0.4, 0.5) is 36.3 Å². The van der Waals surface area contributed by atoms with Gasteiger partial charge in [-0.25, -0.2) is 15.0 Å². The molecule has 4 rings (SSSR count). The summed E-state index contributed by atoms with van der Waals surface area (Å²) in [7, 11) is 0. The van der Waals surface area contributed by atoms with Crippen LogP contribution >= 0.6 is 11.8 Å². The van der Waals surface area contributed by atoms with Crippen LogP contribution in [0.15, 0.2) is 84.4 Å². The molecule has 1 N–H and O–H groups in total. The number of hydrogen-bond acceptors (Lipinski definition) is 7. The first kappa shape index (κ1) is 23.2. The molecular formula is C23H17F3N6OS. The van der Waals surface area contributed by atoms with Gasteiger partial charge in [-0.2, -0.15) is 13.2 Å². The van der Waals surface area contributed by atoms with Crippen molar-refractivity contribution in [3.8, 4) is 0 Å². The average Bonchev–Trinajstić information content (AvgIpc) is 2.82. The Morgan fingerprint density at radius 3 is 2.47 bits per heavy atom. The summed E-state index contributed by atoms with van der Waals surface area (Å²) < 4.78 is 38.1. The molecule has 0 aliphatic rings. The van der Waals surface area contributed by atoms with Crippen molar-refractivity contribution >= 4 is 40.8 Å². The zero-order valence-electron chi connectivity index (χ0n) is 17.7. The third kappa shape index (κ3) is 5.67. The number of aromatic nitrogens is 4. The molecule has 0 atom stereocenters. The van der Waals surface area contributed by atoms with Gasteiger partial charge < -0.3 is 5.32 Å². The summed E-state index contributed by atoms with van der Waals surface area (Å²) in [6.45, 7) is 1.88. The highest BCUT2D eigenvalue weighted by Gasteiger charge is 2.29. The number of halogens is 3. The topological polar surface area (TPSA) is 83.9 Å². The van der Waals surface area contributed by atoms with Crippen LogP contribution in [0.3, 0.4) is 0 Å². The van der Waals surface area contributed by atoms with Gasteiger partial charge in [0.25, 0.3) is 5.91 Å². The van der Waals surface area contributed by atoms with Gasteiger partial charge >= 0.3 is 5.51 Å². The van der Waals surface area contributed by atoms with E-state index in [4.69, 9.17) is 0 Å². The van der Waals surface area contributed by atoms with Gasteiger partial charge in [0.2, 0.25) is 5.95 Å². The predicted octanol–water partition coefficient (Wildman–Crippen LogP) is 5.91. The van der Waals surface area contributed by atoms with Crippen molar-refractivity contribution in [1.29, 1.82) is 0 Å². The Balaban J connectivity index is 1.65. The molecule has 0 fully saturated rings. The Morgan fingerprint density at radius 1 is 0.971 bits per heavy atom. The number of nitrogens with one attached hydrogen (secondary N) is 1. The quantitative estimate of drug-likeness (QED) is 0.342. The second kappa shape index (κ2) is 9.87. The summed E-state index contributed by atoms with van der Waals surface area (Å²) in [5.41, 5.74) is -2.41. The molecule has 0 radical (unpaired) electrons. The molecule has 2 aromatic carbocycles. The van der Waals surface area contributed by atoms with E-state index in [1.807, 2.05) is 6.92 Å². The maximum absolute atomic E-state index is 12.8. The molecule has 4 aromatic rings. The summed E-state index contributed by atoms with van der Waals surface area (Å²) >= 11 is -0.271. The number of alkyl halides is 3. The normalized spacial score (nSPS) is 11.2. The lowest BCUT2D eigenvalue weighted by molar-refractivity contribution is -0.0328. The molecule has 1 amide bonds. The first-order valence-corrected chi connectivity index (χ1v) is 10.7. The Kier molecular flexibility index (Phi) is 6.73. The SMILES string of the molecule is Cc1ccc(NC(=O)c2cccc(SC(F)(F)F)c2)cc1N(c1cnccn1)c1ncccn1. The van der Waals surface area contributed by atoms with E-state index >= 15 is 0 Å². The molecule has 0 aliphatic carbocycles. The minimum absolute atomic E-state index is 0.0696. The Morgan fingerprint density at radius 2 is 1.76 bits per heavy atom. The molecule has 172 valence electrons. The van der Waals surface area contributed by atoms with E-state index in [9.17, 15) is 18.0 Å². The Labute approximate surface area is 197 Å². The number of hydrogen-bond donors (Lipinski definition) is 1. The zero-order valence-corrected chi connectivity index (χ0v) is 18.5. The maximum Gasteiger partial charge on any atom is 0.446 e. The highest BCUT2D eigenvalue weighted by Crippen LogP contribution is 2.37. The lowest BCUT2D eigenvalue weighted by Gasteiger charge is -2.23. The fourth-order valence-electron chi connectivity index (χ4n) is 3.11. The van der Waals surface area contributed by atoms with Crippen molar-refractivity contribution in [2.24, 2.45) is 0 Å². The molecule has 2 aromatic heterocycles. The standard InChI is InChI=1S/C23H17F3N6OS/c1-15-6-7-17(31-21(33)16-4-2-5-18(12-16)34-23(24,25)26)13-19(15)32(20-14-27-10-11-28-20)22-29-8-3-9-30-22/h2-14H,1H3,(H,31,33). The monoisotopic (exact) mass is 482 g/mol. The summed E-state index contributed by atoms with van der Waals surface area (Å²) in [5, 5.41) is 2.74. The number of aryl methyl sites for hydroxylation is 1. The van der Waals surface area contributed by atoms with Crippen molar-refractivity contribution in [3.05, 3.63) is 90.6 Å². The van der Waals surface area contributed by atoms with E-state index in [1.165, 1.54) is 30.5 Å². The van der Waals surface area contributed by atoms with Gasteiger partial charge in [0.1, 0.15) is 0 Å². The molecule has 11 heteroatoms. The van der Waals surface area contributed by atoms with Crippen LogP contribution in [0, 0.1) is 6.92 Å². The lowest BCUT2D eigenvalue weighted by Crippen LogP contribution is -2.17.